The highest BCUT2D eigenvalue weighted by atomic mass is 19.1. The third kappa shape index (κ3) is 2.51. The smallest absolute Gasteiger partial charge is 0.146 e. The second kappa shape index (κ2) is 5.27. The van der Waals surface area contributed by atoms with Gasteiger partial charge in [-0.3, -0.25) is 0 Å². The predicted molar refractivity (Wildman–Crippen MR) is 74.5 cm³/mol. The topological polar surface area (TPSA) is 15.3 Å². The van der Waals surface area contributed by atoms with Gasteiger partial charge in [-0.15, -0.1) is 0 Å². The molecule has 1 saturated heterocycles. The maximum atomic E-state index is 14.0. The maximum Gasteiger partial charge on any atom is 0.146 e. The van der Waals surface area contributed by atoms with Crippen LogP contribution in [0, 0.1) is 11.2 Å². The third-order valence-corrected chi connectivity index (χ3v) is 3.96. The van der Waals surface area contributed by atoms with E-state index in [2.05, 4.69) is 31.0 Å². The number of rotatable bonds is 3. The average Bonchev–Trinajstić information content (AvgIpc) is 2.34. The lowest BCUT2D eigenvalue weighted by molar-refractivity contribution is 0.210. The van der Waals surface area contributed by atoms with Crippen molar-refractivity contribution in [2.24, 2.45) is 5.41 Å². The van der Waals surface area contributed by atoms with Gasteiger partial charge in [-0.25, -0.2) is 4.39 Å². The van der Waals surface area contributed by atoms with Gasteiger partial charge in [-0.05, 0) is 37.4 Å². The van der Waals surface area contributed by atoms with Crippen molar-refractivity contribution in [3.8, 4) is 0 Å². The molecule has 1 N–H and O–H groups in total. The Morgan fingerprint density at radius 1 is 1.39 bits per heavy atom. The third-order valence-electron chi connectivity index (χ3n) is 3.96. The van der Waals surface area contributed by atoms with Crippen molar-refractivity contribution in [2.45, 2.75) is 33.2 Å². The number of para-hydroxylation sites is 1. The van der Waals surface area contributed by atoms with Crippen LogP contribution in [-0.4, -0.2) is 25.7 Å². The molecule has 1 aliphatic rings. The fourth-order valence-electron chi connectivity index (χ4n) is 2.98. The Balaban J connectivity index is 2.31. The van der Waals surface area contributed by atoms with E-state index in [0.717, 1.165) is 31.7 Å². The van der Waals surface area contributed by atoms with Crippen molar-refractivity contribution in [1.29, 1.82) is 0 Å². The summed E-state index contributed by atoms with van der Waals surface area (Å²) in [6, 6.07) is 7.49. The zero-order chi connectivity index (χ0) is 13.2. The first-order chi connectivity index (χ1) is 8.56. The van der Waals surface area contributed by atoms with Crippen molar-refractivity contribution < 1.29 is 4.39 Å². The van der Waals surface area contributed by atoms with Crippen LogP contribution < -0.4 is 10.2 Å². The Labute approximate surface area is 109 Å². The molecule has 2 rings (SSSR count). The van der Waals surface area contributed by atoms with Gasteiger partial charge < -0.3 is 10.2 Å². The SMILES string of the molecule is CCN(c1ccccc1F)C1CCNCC1(C)C. The summed E-state index contributed by atoms with van der Waals surface area (Å²) in [5.74, 6) is -0.117. The van der Waals surface area contributed by atoms with E-state index in [9.17, 15) is 4.39 Å². The first-order valence-corrected chi connectivity index (χ1v) is 6.78. The highest BCUT2D eigenvalue weighted by Gasteiger charge is 2.36. The molecule has 18 heavy (non-hydrogen) atoms. The summed E-state index contributed by atoms with van der Waals surface area (Å²) in [7, 11) is 0. The first kappa shape index (κ1) is 13.3. The van der Waals surface area contributed by atoms with Crippen LogP contribution in [-0.2, 0) is 0 Å². The standard InChI is InChI=1S/C15H23FN2/c1-4-18(13-8-6-5-7-12(13)16)14-9-10-17-11-15(14,2)3/h5-8,14,17H,4,9-11H2,1-3H3. The predicted octanol–water partition coefficient (Wildman–Crippen LogP) is 3.04. The Bertz CT molecular complexity index is 403. The van der Waals surface area contributed by atoms with Crippen LogP contribution in [0.15, 0.2) is 24.3 Å². The van der Waals surface area contributed by atoms with Crippen molar-refractivity contribution >= 4 is 5.69 Å². The molecule has 1 fully saturated rings. The molecule has 2 nitrogen and oxygen atoms in total. The Hall–Kier alpha value is -1.09. The Kier molecular flexibility index (Phi) is 3.91. The number of benzene rings is 1. The normalized spacial score (nSPS) is 22.8. The van der Waals surface area contributed by atoms with E-state index in [-0.39, 0.29) is 11.2 Å². The number of nitrogens with one attached hydrogen (secondary N) is 1. The van der Waals surface area contributed by atoms with Gasteiger partial charge in [0.05, 0.1) is 5.69 Å². The summed E-state index contributed by atoms with van der Waals surface area (Å²) < 4.78 is 14.0. The summed E-state index contributed by atoms with van der Waals surface area (Å²) in [6.07, 6.45) is 1.06. The van der Waals surface area contributed by atoms with Crippen LogP contribution in [0.3, 0.4) is 0 Å². The second-order valence-corrected chi connectivity index (χ2v) is 5.71. The van der Waals surface area contributed by atoms with Crippen LogP contribution >= 0.6 is 0 Å². The van der Waals surface area contributed by atoms with Crippen molar-refractivity contribution in [3.05, 3.63) is 30.1 Å². The van der Waals surface area contributed by atoms with Gasteiger partial charge >= 0.3 is 0 Å². The van der Waals surface area contributed by atoms with Gasteiger partial charge in [0.15, 0.2) is 0 Å². The number of anilines is 1. The molecule has 1 heterocycles. The average molecular weight is 250 g/mol. The van der Waals surface area contributed by atoms with Gasteiger partial charge in [-0.2, -0.15) is 0 Å². The number of hydrogen-bond donors (Lipinski definition) is 1. The van der Waals surface area contributed by atoms with Crippen molar-refractivity contribution in [1.82, 2.24) is 5.32 Å². The highest BCUT2D eigenvalue weighted by Crippen LogP contribution is 2.33. The molecule has 1 aromatic carbocycles. The van der Waals surface area contributed by atoms with E-state index in [1.54, 1.807) is 12.1 Å². The molecule has 3 heteroatoms. The van der Waals surface area contributed by atoms with Gasteiger partial charge in [-0.1, -0.05) is 26.0 Å². The molecule has 0 spiro atoms. The molecule has 0 amide bonds. The lowest BCUT2D eigenvalue weighted by Gasteiger charge is -2.46. The lowest BCUT2D eigenvalue weighted by Crippen LogP contribution is -2.55. The minimum absolute atomic E-state index is 0.117. The summed E-state index contributed by atoms with van der Waals surface area (Å²) in [5.41, 5.74) is 0.899. The fourth-order valence-corrected chi connectivity index (χ4v) is 2.98. The molecule has 0 radical (unpaired) electrons. The van der Waals surface area contributed by atoms with Gasteiger partial charge in [0.1, 0.15) is 5.82 Å². The van der Waals surface area contributed by atoms with E-state index < -0.39 is 0 Å². The van der Waals surface area contributed by atoms with E-state index in [0.29, 0.717) is 6.04 Å². The summed E-state index contributed by atoms with van der Waals surface area (Å²) >= 11 is 0. The monoisotopic (exact) mass is 250 g/mol. The number of hydrogen-bond acceptors (Lipinski definition) is 2. The molecule has 0 saturated carbocycles. The quantitative estimate of drug-likeness (QED) is 0.887. The van der Waals surface area contributed by atoms with Gasteiger partial charge in [0, 0.05) is 19.1 Å². The van der Waals surface area contributed by atoms with Gasteiger partial charge in [0.2, 0.25) is 0 Å². The van der Waals surface area contributed by atoms with E-state index >= 15 is 0 Å². The van der Waals surface area contributed by atoms with Crippen molar-refractivity contribution in [3.63, 3.8) is 0 Å². The van der Waals surface area contributed by atoms with Crippen LogP contribution in [0.25, 0.3) is 0 Å². The minimum atomic E-state index is -0.117. The molecule has 1 unspecified atom stereocenters. The summed E-state index contributed by atoms with van der Waals surface area (Å²) in [4.78, 5) is 2.22. The largest absolute Gasteiger partial charge is 0.366 e. The second-order valence-electron chi connectivity index (χ2n) is 5.71. The van der Waals surface area contributed by atoms with E-state index in [1.807, 2.05) is 12.1 Å². The molecule has 0 aliphatic carbocycles. The zero-order valence-corrected chi connectivity index (χ0v) is 11.5. The van der Waals surface area contributed by atoms with Crippen LogP contribution in [0.4, 0.5) is 10.1 Å². The molecule has 1 atom stereocenters. The molecule has 0 bridgehead atoms. The Morgan fingerprint density at radius 2 is 2.11 bits per heavy atom. The lowest BCUT2D eigenvalue weighted by atomic mass is 9.78. The number of halogens is 1. The summed E-state index contributed by atoms with van der Waals surface area (Å²) in [6.45, 7) is 9.46. The van der Waals surface area contributed by atoms with Crippen molar-refractivity contribution in [2.75, 3.05) is 24.5 Å². The fraction of sp³-hybridized carbons (Fsp3) is 0.600. The molecule has 0 aromatic heterocycles. The molecular weight excluding hydrogens is 227 g/mol. The minimum Gasteiger partial charge on any atom is -0.366 e. The van der Waals surface area contributed by atoms with Crippen LogP contribution in [0.1, 0.15) is 27.2 Å². The van der Waals surface area contributed by atoms with E-state index in [1.165, 1.54) is 0 Å². The maximum absolute atomic E-state index is 14.0. The van der Waals surface area contributed by atoms with E-state index in [4.69, 9.17) is 0 Å². The number of piperidine rings is 1. The summed E-state index contributed by atoms with van der Waals surface area (Å²) in [5, 5.41) is 3.43. The number of nitrogens with zero attached hydrogens (tertiary/aromatic N) is 1. The Morgan fingerprint density at radius 3 is 2.72 bits per heavy atom. The molecule has 1 aliphatic heterocycles. The first-order valence-electron chi connectivity index (χ1n) is 6.78. The molecule has 1 aromatic rings. The zero-order valence-electron chi connectivity index (χ0n) is 11.5. The highest BCUT2D eigenvalue weighted by molar-refractivity contribution is 5.49. The van der Waals surface area contributed by atoms with Crippen LogP contribution in [0.2, 0.25) is 0 Å². The molecular formula is C15H23FN2. The molecule has 100 valence electrons. The van der Waals surface area contributed by atoms with Crippen LogP contribution in [0.5, 0.6) is 0 Å². The van der Waals surface area contributed by atoms with Gasteiger partial charge in [0.25, 0.3) is 0 Å².